The zero-order chi connectivity index (χ0) is 15.8. The molecule has 2 amide bonds. The molecule has 0 saturated heterocycles. The van der Waals surface area contributed by atoms with E-state index in [0.717, 1.165) is 4.47 Å². The molecule has 0 radical (unpaired) electrons. The van der Waals surface area contributed by atoms with Crippen molar-refractivity contribution < 1.29 is 19.4 Å². The van der Waals surface area contributed by atoms with Gasteiger partial charge in [0.1, 0.15) is 6.07 Å². The number of methoxy groups -OCH3 is 1. The Morgan fingerprint density at radius 3 is 2.81 bits per heavy atom. The van der Waals surface area contributed by atoms with Crippen LogP contribution in [0, 0.1) is 11.3 Å². The number of urea groups is 1. The quantitative estimate of drug-likeness (QED) is 0.721. The first-order valence-electron chi connectivity index (χ1n) is 5.95. The average molecular weight is 356 g/mol. The summed E-state index contributed by atoms with van der Waals surface area (Å²) in [6.45, 7) is 0.0462. The number of carbonyl (C=O) groups excluding carboxylic acids is 1. The molecule has 3 N–H and O–H groups in total. The van der Waals surface area contributed by atoms with Gasteiger partial charge in [-0.25, -0.2) is 4.79 Å². The van der Waals surface area contributed by atoms with Crippen LogP contribution in [0.25, 0.3) is 0 Å². The summed E-state index contributed by atoms with van der Waals surface area (Å²) < 4.78 is 5.66. The molecule has 0 spiro atoms. The number of hydrogen-bond donors (Lipinski definition) is 3. The highest BCUT2D eigenvalue weighted by molar-refractivity contribution is 9.10. The molecule has 1 aromatic rings. The third-order valence-corrected chi connectivity index (χ3v) is 3.07. The topological polar surface area (TPSA) is 111 Å². The van der Waals surface area contributed by atoms with Crippen molar-refractivity contribution in [3.63, 3.8) is 0 Å². The summed E-state index contributed by atoms with van der Waals surface area (Å²) in [6, 6.07) is 6.28. The van der Waals surface area contributed by atoms with Crippen molar-refractivity contribution in [2.75, 3.05) is 19.0 Å². The van der Waals surface area contributed by atoms with Crippen LogP contribution in [-0.2, 0) is 9.53 Å². The third-order valence-electron chi connectivity index (χ3n) is 2.58. The van der Waals surface area contributed by atoms with E-state index in [1.54, 1.807) is 18.2 Å². The third kappa shape index (κ3) is 5.81. The summed E-state index contributed by atoms with van der Waals surface area (Å²) in [5, 5.41) is 22.6. The minimum atomic E-state index is -1.01. The van der Waals surface area contributed by atoms with E-state index in [-0.39, 0.29) is 13.0 Å². The minimum Gasteiger partial charge on any atom is -0.481 e. The summed E-state index contributed by atoms with van der Waals surface area (Å²) in [4.78, 5) is 22.3. The number of carboxylic acid groups (broad SMARTS) is 1. The molecule has 0 fully saturated rings. The maximum Gasteiger partial charge on any atom is 0.319 e. The molecule has 1 unspecified atom stereocenters. The molecule has 8 heteroatoms. The van der Waals surface area contributed by atoms with Crippen molar-refractivity contribution in [3.05, 3.63) is 28.2 Å². The molecule has 7 nitrogen and oxygen atoms in total. The van der Waals surface area contributed by atoms with Crippen molar-refractivity contribution in [2.45, 2.75) is 12.5 Å². The molecule has 1 rings (SSSR count). The zero-order valence-corrected chi connectivity index (χ0v) is 12.8. The maximum absolute atomic E-state index is 11.7. The van der Waals surface area contributed by atoms with Gasteiger partial charge in [-0.1, -0.05) is 15.9 Å². The number of aliphatic carboxylic acids is 1. The van der Waals surface area contributed by atoms with E-state index in [0.29, 0.717) is 11.3 Å². The first kappa shape index (κ1) is 16.9. The summed E-state index contributed by atoms with van der Waals surface area (Å²) >= 11 is 3.25. The number of nitrogens with zero attached hydrogens (tertiary/aromatic N) is 1. The lowest BCUT2D eigenvalue weighted by Gasteiger charge is -2.14. The van der Waals surface area contributed by atoms with Gasteiger partial charge < -0.3 is 20.5 Å². The molecule has 112 valence electrons. The van der Waals surface area contributed by atoms with Gasteiger partial charge in [0, 0.05) is 18.1 Å². The Hall–Kier alpha value is -2.11. The minimum absolute atomic E-state index is 0.0462. The van der Waals surface area contributed by atoms with Gasteiger partial charge in [0.15, 0.2) is 0 Å². The molecule has 0 heterocycles. The fourth-order valence-corrected chi connectivity index (χ4v) is 1.89. The number of benzene rings is 1. The Kier molecular flexibility index (Phi) is 6.65. The summed E-state index contributed by atoms with van der Waals surface area (Å²) in [6.07, 6.45) is -0.830. The first-order chi connectivity index (χ1) is 9.96. The van der Waals surface area contributed by atoms with E-state index in [1.807, 2.05) is 6.07 Å². The second-order valence-corrected chi connectivity index (χ2v) is 5.01. The van der Waals surface area contributed by atoms with Crippen LogP contribution < -0.4 is 10.6 Å². The van der Waals surface area contributed by atoms with Crippen LogP contribution >= 0.6 is 15.9 Å². The van der Waals surface area contributed by atoms with E-state index in [4.69, 9.17) is 15.1 Å². The van der Waals surface area contributed by atoms with Gasteiger partial charge in [-0.15, -0.1) is 0 Å². The Morgan fingerprint density at radius 1 is 1.52 bits per heavy atom. The number of carbonyl (C=O) groups is 2. The van der Waals surface area contributed by atoms with Gasteiger partial charge in [0.25, 0.3) is 0 Å². The van der Waals surface area contributed by atoms with Crippen LogP contribution in [0.4, 0.5) is 10.5 Å². The Morgan fingerprint density at radius 2 is 2.24 bits per heavy atom. The van der Waals surface area contributed by atoms with Gasteiger partial charge in [-0.2, -0.15) is 5.26 Å². The number of nitriles is 1. The largest absolute Gasteiger partial charge is 0.481 e. The lowest BCUT2D eigenvalue weighted by Crippen LogP contribution is -2.37. The fraction of sp³-hybridized carbons (Fsp3) is 0.308. The number of ether oxygens (including phenoxy) is 1. The number of anilines is 1. The number of amides is 2. The average Bonchev–Trinajstić information content (AvgIpc) is 2.43. The van der Waals surface area contributed by atoms with Crippen LogP contribution in [0.3, 0.4) is 0 Å². The van der Waals surface area contributed by atoms with Crippen LogP contribution in [0.5, 0.6) is 0 Å². The van der Waals surface area contributed by atoms with E-state index in [2.05, 4.69) is 26.6 Å². The van der Waals surface area contributed by atoms with Gasteiger partial charge in [-0.05, 0) is 18.2 Å². The number of halogens is 1. The number of nitrogens with one attached hydrogen (secondary N) is 2. The second kappa shape index (κ2) is 8.24. The molecule has 0 bridgehead atoms. The number of hydrogen-bond acceptors (Lipinski definition) is 4. The molecular weight excluding hydrogens is 342 g/mol. The SMILES string of the molecule is COC(CNC(=O)Nc1cc(Br)ccc1C#N)CC(=O)O. The van der Waals surface area contributed by atoms with Crippen molar-refractivity contribution in [1.82, 2.24) is 5.32 Å². The molecule has 0 aliphatic rings. The highest BCUT2D eigenvalue weighted by atomic mass is 79.9. The fourth-order valence-electron chi connectivity index (χ4n) is 1.52. The second-order valence-electron chi connectivity index (χ2n) is 4.09. The monoisotopic (exact) mass is 355 g/mol. The van der Waals surface area contributed by atoms with E-state index in [1.165, 1.54) is 7.11 Å². The van der Waals surface area contributed by atoms with E-state index in [9.17, 15) is 9.59 Å². The smallest absolute Gasteiger partial charge is 0.319 e. The molecule has 1 atom stereocenters. The molecule has 0 aliphatic carbocycles. The van der Waals surface area contributed by atoms with Crippen molar-refractivity contribution in [2.24, 2.45) is 0 Å². The molecule has 0 saturated carbocycles. The van der Waals surface area contributed by atoms with Crippen LogP contribution in [0.2, 0.25) is 0 Å². The van der Waals surface area contributed by atoms with Crippen LogP contribution in [-0.4, -0.2) is 36.9 Å². The normalized spacial score (nSPS) is 11.3. The summed E-state index contributed by atoms with van der Waals surface area (Å²) in [7, 11) is 1.37. The highest BCUT2D eigenvalue weighted by Gasteiger charge is 2.14. The predicted octanol–water partition coefficient (Wildman–Crippen LogP) is 1.93. The van der Waals surface area contributed by atoms with Gasteiger partial charge >= 0.3 is 12.0 Å². The first-order valence-corrected chi connectivity index (χ1v) is 6.74. The Labute approximate surface area is 130 Å². The number of rotatable bonds is 6. The Balaban J connectivity index is 2.60. The maximum atomic E-state index is 11.7. The standard InChI is InChI=1S/C13H14BrN3O4/c1-21-10(5-12(18)19)7-16-13(20)17-11-4-9(14)3-2-8(11)6-15/h2-4,10H,5,7H2,1H3,(H,18,19)(H2,16,17,20). The molecule has 1 aromatic carbocycles. The van der Waals surface area contributed by atoms with Gasteiger partial charge in [-0.3, -0.25) is 4.79 Å². The van der Waals surface area contributed by atoms with Crippen LogP contribution in [0.1, 0.15) is 12.0 Å². The van der Waals surface area contributed by atoms with Gasteiger partial charge in [0.2, 0.25) is 0 Å². The zero-order valence-electron chi connectivity index (χ0n) is 11.2. The molecular formula is C13H14BrN3O4. The predicted molar refractivity (Wildman–Crippen MR) is 78.9 cm³/mol. The molecule has 21 heavy (non-hydrogen) atoms. The lowest BCUT2D eigenvalue weighted by molar-refractivity contribution is -0.139. The van der Waals surface area contributed by atoms with E-state index < -0.39 is 18.1 Å². The molecule has 0 aromatic heterocycles. The highest BCUT2D eigenvalue weighted by Crippen LogP contribution is 2.20. The lowest BCUT2D eigenvalue weighted by atomic mass is 10.2. The van der Waals surface area contributed by atoms with Gasteiger partial charge in [0.05, 0.1) is 23.8 Å². The van der Waals surface area contributed by atoms with E-state index >= 15 is 0 Å². The van der Waals surface area contributed by atoms with Crippen molar-refractivity contribution in [1.29, 1.82) is 5.26 Å². The summed E-state index contributed by atoms with van der Waals surface area (Å²) in [5.74, 6) is -1.01. The molecule has 0 aliphatic heterocycles. The Bertz CT molecular complexity index is 571. The number of carboxylic acids is 1. The van der Waals surface area contributed by atoms with Crippen molar-refractivity contribution in [3.8, 4) is 6.07 Å². The van der Waals surface area contributed by atoms with Crippen molar-refractivity contribution >= 4 is 33.6 Å². The van der Waals surface area contributed by atoms with Crippen LogP contribution in [0.15, 0.2) is 22.7 Å². The summed E-state index contributed by atoms with van der Waals surface area (Å²) in [5.41, 5.74) is 0.679.